The van der Waals surface area contributed by atoms with Gasteiger partial charge >= 0.3 is 0 Å². The van der Waals surface area contributed by atoms with Crippen LogP contribution in [0.1, 0.15) is 50.0 Å². The highest BCUT2D eigenvalue weighted by molar-refractivity contribution is 6.30. The number of hydrogen-bond acceptors (Lipinski definition) is 5. The summed E-state index contributed by atoms with van der Waals surface area (Å²) in [5, 5.41) is 2.94. The van der Waals surface area contributed by atoms with Crippen molar-refractivity contribution in [3.05, 3.63) is 81.4 Å². The molecule has 1 amide bonds. The van der Waals surface area contributed by atoms with Crippen LogP contribution in [0, 0.1) is 5.82 Å². The number of benzene rings is 2. The van der Waals surface area contributed by atoms with E-state index in [1.807, 2.05) is 11.9 Å². The second-order valence-electron chi connectivity index (χ2n) is 9.27. The van der Waals surface area contributed by atoms with Gasteiger partial charge in [-0.05, 0) is 56.0 Å². The van der Waals surface area contributed by atoms with Crippen LogP contribution in [0.3, 0.4) is 0 Å². The second-order valence-corrected chi connectivity index (χ2v) is 9.70. The van der Waals surface area contributed by atoms with Gasteiger partial charge in [-0.1, -0.05) is 23.7 Å². The topological polar surface area (TPSA) is 75.7 Å². The summed E-state index contributed by atoms with van der Waals surface area (Å²) in [5.74, 6) is -1.30. The minimum atomic E-state index is -0.602. The van der Waals surface area contributed by atoms with E-state index in [-0.39, 0.29) is 23.9 Å². The molecule has 1 N–H and O–H groups in total. The summed E-state index contributed by atoms with van der Waals surface area (Å²) in [4.78, 5) is 41.1. The highest BCUT2D eigenvalue weighted by atomic mass is 35.5. The van der Waals surface area contributed by atoms with Crippen molar-refractivity contribution >= 4 is 34.8 Å². The Kier molecular flexibility index (Phi) is 6.67. The maximum atomic E-state index is 13.9. The zero-order chi connectivity index (χ0) is 25.4. The molecule has 5 rings (SSSR count). The number of nitrogens with one attached hydrogen (secondary N) is 1. The van der Waals surface area contributed by atoms with E-state index in [0.717, 1.165) is 37.1 Å². The van der Waals surface area contributed by atoms with Crippen molar-refractivity contribution in [3.63, 3.8) is 0 Å². The molecule has 0 spiro atoms. The Balaban J connectivity index is 1.52. The lowest BCUT2D eigenvalue weighted by atomic mass is 9.71. The Morgan fingerprint density at radius 3 is 2.31 bits per heavy atom. The molecule has 3 aliphatic rings. The molecule has 186 valence electrons. The van der Waals surface area contributed by atoms with Crippen molar-refractivity contribution in [2.24, 2.45) is 0 Å². The Bertz CT molecular complexity index is 1290. The molecule has 6 nitrogen and oxygen atoms in total. The fraction of sp³-hybridized carbons (Fsp3) is 0.321. The molecule has 1 aliphatic heterocycles. The van der Waals surface area contributed by atoms with Gasteiger partial charge in [0.2, 0.25) is 0 Å². The van der Waals surface area contributed by atoms with Crippen LogP contribution >= 0.6 is 11.6 Å². The van der Waals surface area contributed by atoms with Crippen LogP contribution in [0.5, 0.6) is 5.75 Å². The lowest BCUT2D eigenvalue weighted by Gasteiger charge is -2.42. The molecule has 0 atom stereocenters. The summed E-state index contributed by atoms with van der Waals surface area (Å²) >= 11 is 6.39. The zero-order valence-corrected chi connectivity index (χ0v) is 20.7. The maximum absolute atomic E-state index is 13.9. The molecule has 0 radical (unpaired) electrons. The molecule has 0 fully saturated rings. The molecule has 0 bridgehead atoms. The van der Waals surface area contributed by atoms with Crippen molar-refractivity contribution in [1.29, 1.82) is 0 Å². The molecule has 0 saturated carbocycles. The van der Waals surface area contributed by atoms with Gasteiger partial charge in [0.15, 0.2) is 18.2 Å². The first-order valence-electron chi connectivity index (χ1n) is 12.1. The minimum Gasteiger partial charge on any atom is -0.483 e. The number of ketones is 2. The van der Waals surface area contributed by atoms with Gasteiger partial charge in [-0.3, -0.25) is 14.4 Å². The first-order chi connectivity index (χ1) is 17.3. The number of anilines is 1. The van der Waals surface area contributed by atoms with Gasteiger partial charge in [-0.2, -0.15) is 0 Å². The molecule has 2 aromatic carbocycles. The minimum absolute atomic E-state index is 0.0150. The van der Waals surface area contributed by atoms with Crippen molar-refractivity contribution in [1.82, 2.24) is 4.90 Å². The van der Waals surface area contributed by atoms with Crippen LogP contribution in [-0.2, 0) is 14.4 Å². The second kappa shape index (κ2) is 9.90. The van der Waals surface area contributed by atoms with E-state index in [1.54, 1.807) is 24.3 Å². The van der Waals surface area contributed by atoms with Crippen LogP contribution in [-0.4, -0.2) is 36.0 Å². The van der Waals surface area contributed by atoms with Gasteiger partial charge in [0, 0.05) is 58.9 Å². The predicted molar refractivity (Wildman–Crippen MR) is 134 cm³/mol. The standard InChI is InChI=1S/C28H26ClFN2O4/c1-32-20-8-4-10-22(33)27(20)26(28-21(32)9-5-11-23(28)34)17-14-16(29)12-13-24(17)36-15-25(35)31-19-7-3-2-6-18(19)30/h2-3,6-7,12-14,26H,4-5,8-11,15H2,1H3,(H,31,35). The summed E-state index contributed by atoms with van der Waals surface area (Å²) in [6, 6.07) is 10.9. The molecular formula is C28H26ClFN2O4. The van der Waals surface area contributed by atoms with E-state index in [1.165, 1.54) is 18.2 Å². The molecule has 2 aliphatic carbocycles. The molecule has 1 heterocycles. The number of nitrogens with zero attached hydrogens (tertiary/aromatic N) is 1. The van der Waals surface area contributed by atoms with Gasteiger partial charge in [0.1, 0.15) is 11.6 Å². The Morgan fingerprint density at radius 1 is 1.03 bits per heavy atom. The average molecular weight is 509 g/mol. The zero-order valence-electron chi connectivity index (χ0n) is 19.9. The van der Waals surface area contributed by atoms with Crippen LogP contribution < -0.4 is 10.1 Å². The van der Waals surface area contributed by atoms with Gasteiger partial charge in [-0.25, -0.2) is 4.39 Å². The van der Waals surface area contributed by atoms with E-state index in [9.17, 15) is 18.8 Å². The lowest BCUT2D eigenvalue weighted by Crippen LogP contribution is -2.37. The van der Waals surface area contributed by atoms with E-state index < -0.39 is 17.6 Å². The number of allylic oxidation sites excluding steroid dienone is 4. The summed E-state index contributed by atoms with van der Waals surface area (Å²) in [7, 11) is 1.93. The number of halogens is 2. The normalized spacial score (nSPS) is 18.2. The maximum Gasteiger partial charge on any atom is 0.262 e. The van der Waals surface area contributed by atoms with Crippen molar-refractivity contribution in [2.75, 3.05) is 19.0 Å². The quantitative estimate of drug-likeness (QED) is 0.574. The molecule has 36 heavy (non-hydrogen) atoms. The number of Topliss-reactive ketones (excluding diaryl/α,β-unsaturated/α-hetero) is 2. The van der Waals surface area contributed by atoms with Crippen LogP contribution in [0.15, 0.2) is 65.0 Å². The largest absolute Gasteiger partial charge is 0.483 e. The van der Waals surface area contributed by atoms with E-state index in [2.05, 4.69) is 5.32 Å². The first-order valence-corrected chi connectivity index (χ1v) is 12.5. The van der Waals surface area contributed by atoms with Crippen molar-refractivity contribution in [2.45, 2.75) is 44.4 Å². The summed E-state index contributed by atoms with van der Waals surface area (Å²) < 4.78 is 19.8. The monoisotopic (exact) mass is 508 g/mol. The molecule has 8 heteroatoms. The van der Waals surface area contributed by atoms with Gasteiger partial charge < -0.3 is 15.0 Å². The third-order valence-corrected chi connectivity index (χ3v) is 7.27. The van der Waals surface area contributed by atoms with Crippen LogP contribution in [0.4, 0.5) is 10.1 Å². The Labute approximate surface area is 213 Å². The number of ether oxygens (including phenoxy) is 1. The van der Waals surface area contributed by atoms with E-state index >= 15 is 0 Å². The molecule has 2 aromatic rings. The average Bonchev–Trinajstić information content (AvgIpc) is 2.86. The number of hydrogen-bond donors (Lipinski definition) is 1. The van der Waals surface area contributed by atoms with E-state index in [0.29, 0.717) is 40.3 Å². The van der Waals surface area contributed by atoms with Crippen molar-refractivity contribution in [3.8, 4) is 5.75 Å². The first kappa shape index (κ1) is 24.3. The highest BCUT2D eigenvalue weighted by Gasteiger charge is 2.43. The van der Waals surface area contributed by atoms with Gasteiger partial charge in [-0.15, -0.1) is 0 Å². The fourth-order valence-electron chi connectivity index (χ4n) is 5.43. The Hall–Kier alpha value is -3.45. The smallest absolute Gasteiger partial charge is 0.262 e. The fourth-order valence-corrected chi connectivity index (χ4v) is 5.61. The van der Waals surface area contributed by atoms with E-state index in [4.69, 9.17) is 16.3 Å². The number of amides is 1. The summed E-state index contributed by atoms with van der Waals surface area (Å²) in [5.41, 5.74) is 3.74. The van der Waals surface area contributed by atoms with Gasteiger partial charge in [0.05, 0.1) is 5.69 Å². The molecule has 0 saturated heterocycles. The predicted octanol–water partition coefficient (Wildman–Crippen LogP) is 5.54. The third kappa shape index (κ3) is 4.44. The van der Waals surface area contributed by atoms with Crippen molar-refractivity contribution < 1.29 is 23.5 Å². The number of carbonyl (C=O) groups is 3. The van der Waals surface area contributed by atoms with Crippen LogP contribution in [0.25, 0.3) is 0 Å². The number of carbonyl (C=O) groups excluding carboxylic acids is 3. The Morgan fingerprint density at radius 2 is 1.67 bits per heavy atom. The SMILES string of the molecule is CN1C2=C(C(=O)CCC2)C(c2cc(Cl)ccc2OCC(=O)Nc2ccccc2F)C2=C1CCCC2=O. The summed E-state index contributed by atoms with van der Waals surface area (Å²) in [6.07, 6.45) is 3.87. The summed E-state index contributed by atoms with van der Waals surface area (Å²) in [6.45, 7) is -0.380. The third-order valence-electron chi connectivity index (χ3n) is 7.03. The van der Waals surface area contributed by atoms with Gasteiger partial charge in [0.25, 0.3) is 5.91 Å². The van der Waals surface area contributed by atoms with Crippen LogP contribution in [0.2, 0.25) is 5.02 Å². The molecular weight excluding hydrogens is 483 g/mol. The molecule has 0 aromatic heterocycles. The lowest BCUT2D eigenvalue weighted by molar-refractivity contribution is -0.119. The number of para-hydroxylation sites is 1. The molecule has 0 unspecified atom stereocenters. The number of rotatable bonds is 5. The highest BCUT2D eigenvalue weighted by Crippen LogP contribution is 2.50.